The van der Waals surface area contributed by atoms with Crippen LogP contribution in [0.15, 0.2) is 29.3 Å². The maximum atomic E-state index is 12.1. The van der Waals surface area contributed by atoms with E-state index in [0.717, 1.165) is 18.7 Å². The lowest BCUT2D eigenvalue weighted by Gasteiger charge is -2.10. The van der Waals surface area contributed by atoms with E-state index >= 15 is 0 Å². The second kappa shape index (κ2) is 21.8. The number of carboxylic acid groups (broad SMARTS) is 1. The number of benzene rings is 1. The summed E-state index contributed by atoms with van der Waals surface area (Å²) < 4.78 is 41.1. The Balaban J connectivity index is 0.000000291. The fraction of sp³-hybridized carbons (Fsp3) is 0.606. The first-order chi connectivity index (χ1) is 23.7. The van der Waals surface area contributed by atoms with Crippen LogP contribution in [0.25, 0.3) is 10.9 Å². The van der Waals surface area contributed by atoms with Crippen molar-refractivity contribution in [2.45, 2.75) is 53.3 Å². The van der Waals surface area contributed by atoms with Crippen LogP contribution in [0.1, 0.15) is 49.7 Å². The number of amides is 1. The number of nitrogens with zero attached hydrogens (tertiary/aromatic N) is 4. The highest BCUT2D eigenvalue weighted by atomic mass is 16.7. The number of aryl methyl sites for hydroxylation is 2. The molecule has 0 saturated carbocycles. The molecule has 16 nitrogen and oxygen atoms in total. The monoisotopic (exact) mass is 691 g/mol. The Morgan fingerprint density at radius 2 is 1.51 bits per heavy atom. The summed E-state index contributed by atoms with van der Waals surface area (Å²) in [5, 5.41) is 20.1. The molecule has 1 amide bonds. The van der Waals surface area contributed by atoms with Gasteiger partial charge in [-0.2, -0.15) is 0 Å². The Hall–Kier alpha value is -4.09. The van der Waals surface area contributed by atoms with Crippen molar-refractivity contribution in [3.63, 3.8) is 0 Å². The van der Waals surface area contributed by atoms with Gasteiger partial charge in [0.2, 0.25) is 18.1 Å². The third kappa shape index (κ3) is 13.7. The van der Waals surface area contributed by atoms with Gasteiger partial charge in [-0.05, 0) is 25.3 Å². The van der Waals surface area contributed by atoms with Gasteiger partial charge in [0.1, 0.15) is 11.3 Å². The largest absolute Gasteiger partial charge is 0.477 e. The van der Waals surface area contributed by atoms with Gasteiger partial charge in [-0.1, -0.05) is 19.1 Å². The molecule has 2 aromatic heterocycles. The van der Waals surface area contributed by atoms with E-state index < -0.39 is 11.4 Å². The smallest absolute Gasteiger partial charge is 0.341 e. The summed E-state index contributed by atoms with van der Waals surface area (Å²) in [5.41, 5.74) is 0.722. The average molecular weight is 692 g/mol. The zero-order valence-electron chi connectivity index (χ0n) is 28.8. The van der Waals surface area contributed by atoms with E-state index in [4.69, 9.17) is 38.3 Å². The van der Waals surface area contributed by atoms with Crippen LogP contribution in [0.4, 0.5) is 0 Å². The number of hydrogen-bond acceptors (Lipinski definition) is 12. The SMILES string of the molecule is CCn1cc(C(=O)O)c(=O)c2cc3c(cc21)OCO3.CNC(=O)CCOCCOCCOCCOCCOCc1cn(CCC(C)C)nn1. The summed E-state index contributed by atoms with van der Waals surface area (Å²) in [6.45, 7) is 12.6. The molecule has 0 radical (unpaired) electrons. The van der Waals surface area contributed by atoms with Crippen molar-refractivity contribution in [1.29, 1.82) is 0 Å². The number of rotatable bonds is 22. The standard InChI is InChI=1S/C20H38N4O6.C13H11NO5/c1-18(2)4-6-24-16-19(22-23-24)17-30-15-14-29-13-12-28-11-10-27-9-8-26-7-5-20(25)21-3;1-2-14-5-8(13(16)17)12(15)7-3-10-11(4-9(7)14)19-6-18-10/h16,18H,4-15,17H2,1-3H3,(H,21,25);3-5H,2,6H2,1H3,(H,16,17). The average Bonchev–Trinajstić information content (AvgIpc) is 3.76. The van der Waals surface area contributed by atoms with E-state index in [0.29, 0.717) is 107 Å². The van der Waals surface area contributed by atoms with Crippen LogP contribution in [0, 0.1) is 5.92 Å². The van der Waals surface area contributed by atoms with Crippen molar-refractivity contribution in [2.24, 2.45) is 5.92 Å². The zero-order valence-corrected chi connectivity index (χ0v) is 28.8. The van der Waals surface area contributed by atoms with Crippen molar-refractivity contribution in [3.8, 4) is 11.5 Å². The van der Waals surface area contributed by atoms with Gasteiger partial charge in [-0.15, -0.1) is 5.10 Å². The summed E-state index contributed by atoms with van der Waals surface area (Å²) >= 11 is 0. The predicted molar refractivity (Wildman–Crippen MR) is 178 cm³/mol. The molecule has 3 aromatic rings. The number of fused-ring (bicyclic) bond motifs is 2. The number of pyridine rings is 1. The first-order valence-corrected chi connectivity index (χ1v) is 16.4. The van der Waals surface area contributed by atoms with E-state index in [9.17, 15) is 14.4 Å². The molecule has 272 valence electrons. The van der Waals surface area contributed by atoms with Crippen LogP contribution in [0.2, 0.25) is 0 Å². The minimum absolute atomic E-state index is 0.0281. The number of aromatic carboxylic acids is 1. The number of ether oxygens (including phenoxy) is 7. The van der Waals surface area contributed by atoms with E-state index in [1.165, 1.54) is 6.20 Å². The predicted octanol–water partition coefficient (Wildman–Crippen LogP) is 2.49. The minimum Gasteiger partial charge on any atom is -0.477 e. The molecule has 1 aliphatic heterocycles. The Kier molecular flexibility index (Phi) is 17.5. The van der Waals surface area contributed by atoms with Crippen LogP contribution in [0.3, 0.4) is 0 Å². The van der Waals surface area contributed by atoms with Crippen LogP contribution in [-0.2, 0) is 48.2 Å². The molecule has 1 aromatic carbocycles. The Morgan fingerprint density at radius 1 is 0.918 bits per heavy atom. The fourth-order valence-corrected chi connectivity index (χ4v) is 4.44. The molecule has 16 heteroatoms. The number of carboxylic acids is 1. The maximum absolute atomic E-state index is 12.1. The molecule has 0 spiro atoms. The summed E-state index contributed by atoms with van der Waals surface area (Å²) in [6, 6.07) is 3.24. The number of carbonyl (C=O) groups excluding carboxylic acids is 1. The maximum Gasteiger partial charge on any atom is 0.341 e. The molecule has 4 rings (SSSR count). The second-order valence-electron chi connectivity index (χ2n) is 11.3. The summed E-state index contributed by atoms with van der Waals surface area (Å²) in [7, 11) is 1.61. The molecule has 0 aliphatic carbocycles. The van der Waals surface area contributed by atoms with Gasteiger partial charge < -0.3 is 48.1 Å². The first-order valence-electron chi connectivity index (χ1n) is 16.4. The van der Waals surface area contributed by atoms with Crippen molar-refractivity contribution >= 4 is 22.8 Å². The molecule has 0 atom stereocenters. The van der Waals surface area contributed by atoms with E-state index in [2.05, 4.69) is 29.5 Å². The lowest BCUT2D eigenvalue weighted by Crippen LogP contribution is -2.20. The van der Waals surface area contributed by atoms with Crippen LogP contribution in [-0.4, -0.2) is 110 Å². The molecule has 0 saturated heterocycles. The summed E-state index contributed by atoms with van der Waals surface area (Å²) in [5.74, 6) is 0.424. The van der Waals surface area contributed by atoms with Crippen molar-refractivity contribution in [3.05, 3.63) is 46.0 Å². The van der Waals surface area contributed by atoms with Gasteiger partial charge in [-0.3, -0.25) is 14.3 Å². The highest BCUT2D eigenvalue weighted by Gasteiger charge is 2.20. The second-order valence-corrected chi connectivity index (χ2v) is 11.3. The third-order valence-corrected chi connectivity index (χ3v) is 7.16. The van der Waals surface area contributed by atoms with Gasteiger partial charge >= 0.3 is 5.97 Å². The number of nitrogens with one attached hydrogen (secondary N) is 1. The van der Waals surface area contributed by atoms with E-state index in [1.807, 2.05) is 17.8 Å². The van der Waals surface area contributed by atoms with Gasteiger partial charge in [-0.25, -0.2) is 4.79 Å². The van der Waals surface area contributed by atoms with Crippen LogP contribution < -0.4 is 20.2 Å². The summed E-state index contributed by atoms with van der Waals surface area (Å²) in [4.78, 5) is 34.2. The Labute approximate surface area is 285 Å². The molecule has 3 heterocycles. The summed E-state index contributed by atoms with van der Waals surface area (Å²) in [6.07, 6.45) is 4.73. The molecule has 1 aliphatic rings. The normalized spacial score (nSPS) is 11.9. The van der Waals surface area contributed by atoms with Gasteiger partial charge in [0.15, 0.2) is 11.5 Å². The van der Waals surface area contributed by atoms with Crippen molar-refractivity contribution in [1.82, 2.24) is 24.9 Å². The number of carbonyl (C=O) groups is 2. The quantitative estimate of drug-likeness (QED) is 0.147. The highest BCUT2D eigenvalue weighted by molar-refractivity contribution is 5.93. The molecule has 2 N–H and O–H groups in total. The Bertz CT molecular complexity index is 1510. The molecule has 0 unspecified atom stereocenters. The minimum atomic E-state index is -1.23. The van der Waals surface area contributed by atoms with Gasteiger partial charge in [0, 0.05) is 38.8 Å². The number of aromatic nitrogens is 4. The van der Waals surface area contributed by atoms with Crippen LogP contribution in [0.5, 0.6) is 11.5 Å². The number of hydrogen-bond donors (Lipinski definition) is 2. The molecule has 0 bridgehead atoms. The fourth-order valence-electron chi connectivity index (χ4n) is 4.44. The molecular formula is C33H49N5O11. The lowest BCUT2D eigenvalue weighted by atomic mass is 10.1. The van der Waals surface area contributed by atoms with E-state index in [-0.39, 0.29) is 18.3 Å². The molecule has 49 heavy (non-hydrogen) atoms. The van der Waals surface area contributed by atoms with Crippen LogP contribution >= 0.6 is 0 Å². The van der Waals surface area contributed by atoms with Crippen molar-refractivity contribution in [2.75, 3.05) is 73.3 Å². The molecule has 0 fully saturated rings. The van der Waals surface area contributed by atoms with Gasteiger partial charge in [0.05, 0.1) is 83.2 Å². The van der Waals surface area contributed by atoms with E-state index in [1.54, 1.807) is 23.7 Å². The third-order valence-electron chi connectivity index (χ3n) is 7.16. The Morgan fingerprint density at radius 3 is 2.08 bits per heavy atom. The first kappa shape index (κ1) is 39.3. The zero-order chi connectivity index (χ0) is 35.4. The van der Waals surface area contributed by atoms with Gasteiger partial charge in [0.25, 0.3) is 0 Å². The lowest BCUT2D eigenvalue weighted by molar-refractivity contribution is -0.121. The molecular weight excluding hydrogens is 642 g/mol. The highest BCUT2D eigenvalue weighted by Crippen LogP contribution is 2.35. The van der Waals surface area contributed by atoms with Crippen molar-refractivity contribution < 1.29 is 47.9 Å². The topological polar surface area (TPSA) is 184 Å².